The van der Waals surface area contributed by atoms with Crippen LogP contribution in [0.4, 0.5) is 0 Å². The van der Waals surface area contributed by atoms with E-state index in [4.69, 9.17) is 14.2 Å². The maximum absolute atomic E-state index is 5.80. The summed E-state index contributed by atoms with van der Waals surface area (Å²) in [7, 11) is 3.30. The largest absolute Gasteiger partial charge is 0.493 e. The second-order valence-electron chi connectivity index (χ2n) is 4.77. The van der Waals surface area contributed by atoms with Crippen LogP contribution in [0.5, 0.6) is 11.5 Å². The van der Waals surface area contributed by atoms with Gasteiger partial charge in [0.05, 0.1) is 26.9 Å². The minimum atomic E-state index is 0. The van der Waals surface area contributed by atoms with Crippen LogP contribution in [0.1, 0.15) is 31.1 Å². The van der Waals surface area contributed by atoms with Crippen molar-refractivity contribution >= 4 is 12.4 Å². The van der Waals surface area contributed by atoms with Gasteiger partial charge in [-0.05, 0) is 23.3 Å². The molecule has 19 heavy (non-hydrogen) atoms. The smallest absolute Gasteiger partial charge is 0.161 e. The van der Waals surface area contributed by atoms with Gasteiger partial charge in [0.25, 0.3) is 0 Å². The molecule has 5 heteroatoms. The average Bonchev–Trinajstić information content (AvgIpc) is 2.76. The highest BCUT2D eigenvalue weighted by Crippen LogP contribution is 2.38. The van der Waals surface area contributed by atoms with E-state index in [0.29, 0.717) is 12.6 Å². The van der Waals surface area contributed by atoms with Crippen LogP contribution in [-0.4, -0.2) is 26.8 Å². The quantitative estimate of drug-likeness (QED) is 0.904. The van der Waals surface area contributed by atoms with Crippen molar-refractivity contribution in [3.8, 4) is 11.5 Å². The van der Waals surface area contributed by atoms with Crippen LogP contribution in [0.25, 0.3) is 0 Å². The first-order valence-electron chi connectivity index (χ1n) is 6.25. The Labute approximate surface area is 120 Å². The molecule has 1 aromatic rings. The van der Waals surface area contributed by atoms with Gasteiger partial charge in [0.1, 0.15) is 0 Å². The van der Waals surface area contributed by atoms with Crippen molar-refractivity contribution in [3.63, 3.8) is 0 Å². The summed E-state index contributed by atoms with van der Waals surface area (Å²) in [6, 6.07) is 4.48. The molecule has 1 atom stereocenters. The van der Waals surface area contributed by atoms with Crippen molar-refractivity contribution in [2.75, 3.05) is 20.8 Å². The van der Waals surface area contributed by atoms with Crippen LogP contribution in [0, 0.1) is 0 Å². The van der Waals surface area contributed by atoms with Gasteiger partial charge in [0.15, 0.2) is 11.5 Å². The summed E-state index contributed by atoms with van der Waals surface area (Å²) in [5.74, 6) is 1.52. The Bertz CT molecular complexity index is 423. The molecule has 1 aliphatic heterocycles. The Morgan fingerprint density at radius 3 is 2.47 bits per heavy atom. The van der Waals surface area contributed by atoms with E-state index in [2.05, 4.69) is 19.2 Å². The molecule has 0 aromatic heterocycles. The average molecular weight is 288 g/mol. The number of fused-ring (bicyclic) bond motifs is 1. The van der Waals surface area contributed by atoms with Gasteiger partial charge < -0.3 is 19.5 Å². The first-order valence-corrected chi connectivity index (χ1v) is 6.25. The van der Waals surface area contributed by atoms with E-state index < -0.39 is 0 Å². The molecule has 1 heterocycles. The number of benzene rings is 1. The molecule has 0 bridgehead atoms. The summed E-state index contributed by atoms with van der Waals surface area (Å²) in [5, 5.41) is 3.40. The third-order valence-electron chi connectivity index (χ3n) is 3.14. The summed E-state index contributed by atoms with van der Waals surface area (Å²) in [4.78, 5) is 0. The molecule has 1 aliphatic rings. The van der Waals surface area contributed by atoms with E-state index >= 15 is 0 Å². The standard InChI is InChI=1S/C14H21NO3.ClH/c1-9(2)15-7-14-11-6-13(17-4)12(16-3)5-10(11)8-18-14;/h5-6,9,14-15H,7-8H2,1-4H3;1H. The summed E-state index contributed by atoms with van der Waals surface area (Å²) in [6.07, 6.45) is 0.0993. The molecule has 1 aromatic carbocycles. The highest BCUT2D eigenvalue weighted by Gasteiger charge is 2.25. The van der Waals surface area contributed by atoms with Crippen LogP contribution >= 0.6 is 12.4 Å². The minimum absolute atomic E-state index is 0. The first-order chi connectivity index (χ1) is 8.65. The molecule has 0 saturated carbocycles. The lowest BCUT2D eigenvalue weighted by atomic mass is 10.0. The van der Waals surface area contributed by atoms with E-state index in [-0.39, 0.29) is 18.5 Å². The molecular weight excluding hydrogens is 266 g/mol. The number of halogens is 1. The Hall–Kier alpha value is -0.970. The van der Waals surface area contributed by atoms with Gasteiger partial charge >= 0.3 is 0 Å². The molecular formula is C14H22ClNO3. The lowest BCUT2D eigenvalue weighted by Gasteiger charge is -2.16. The minimum Gasteiger partial charge on any atom is -0.493 e. The molecule has 1 N–H and O–H groups in total. The molecule has 0 aliphatic carbocycles. The molecule has 108 valence electrons. The second kappa shape index (κ2) is 6.98. The monoisotopic (exact) mass is 287 g/mol. The molecule has 2 rings (SSSR count). The van der Waals surface area contributed by atoms with E-state index in [1.165, 1.54) is 11.1 Å². The van der Waals surface area contributed by atoms with Crippen LogP contribution < -0.4 is 14.8 Å². The predicted molar refractivity (Wildman–Crippen MR) is 77.5 cm³/mol. The molecule has 0 fully saturated rings. The Morgan fingerprint density at radius 2 is 1.89 bits per heavy atom. The van der Waals surface area contributed by atoms with Crippen LogP contribution in [-0.2, 0) is 11.3 Å². The number of hydrogen-bond donors (Lipinski definition) is 1. The third-order valence-corrected chi connectivity index (χ3v) is 3.14. The number of nitrogens with one attached hydrogen (secondary N) is 1. The molecule has 0 saturated heterocycles. The number of ether oxygens (including phenoxy) is 3. The van der Waals surface area contributed by atoms with Gasteiger partial charge in [-0.15, -0.1) is 12.4 Å². The molecule has 4 nitrogen and oxygen atoms in total. The SMILES string of the molecule is COc1cc2c(cc1OC)C(CNC(C)C)OC2.Cl. The van der Waals surface area contributed by atoms with Crippen molar-refractivity contribution in [1.82, 2.24) is 5.32 Å². The second-order valence-corrected chi connectivity index (χ2v) is 4.77. The van der Waals surface area contributed by atoms with Crippen molar-refractivity contribution < 1.29 is 14.2 Å². The van der Waals surface area contributed by atoms with Crippen LogP contribution in [0.3, 0.4) is 0 Å². The van der Waals surface area contributed by atoms with Gasteiger partial charge in [-0.25, -0.2) is 0 Å². The summed E-state index contributed by atoms with van der Waals surface area (Å²) in [6.45, 7) is 5.72. The van der Waals surface area contributed by atoms with Gasteiger partial charge in [-0.2, -0.15) is 0 Å². The third kappa shape index (κ3) is 3.53. The van der Waals surface area contributed by atoms with E-state index in [1.54, 1.807) is 14.2 Å². The van der Waals surface area contributed by atoms with Crippen molar-refractivity contribution in [1.29, 1.82) is 0 Å². The highest BCUT2D eigenvalue weighted by molar-refractivity contribution is 5.85. The molecule has 1 unspecified atom stereocenters. The maximum atomic E-state index is 5.80. The summed E-state index contributed by atoms with van der Waals surface area (Å²) in [5.41, 5.74) is 2.38. The lowest BCUT2D eigenvalue weighted by Crippen LogP contribution is -2.27. The highest BCUT2D eigenvalue weighted by atomic mass is 35.5. The van der Waals surface area contributed by atoms with Gasteiger partial charge in [-0.3, -0.25) is 0 Å². The fourth-order valence-electron chi connectivity index (χ4n) is 2.15. The molecule has 0 amide bonds. The van der Waals surface area contributed by atoms with E-state index in [9.17, 15) is 0 Å². The Kier molecular flexibility index (Phi) is 5.91. The fraction of sp³-hybridized carbons (Fsp3) is 0.571. The summed E-state index contributed by atoms with van der Waals surface area (Å²) < 4.78 is 16.4. The molecule has 0 spiro atoms. The van der Waals surface area contributed by atoms with Crippen molar-refractivity contribution in [2.45, 2.75) is 32.6 Å². The summed E-state index contributed by atoms with van der Waals surface area (Å²) >= 11 is 0. The zero-order valence-electron chi connectivity index (χ0n) is 11.9. The number of hydrogen-bond acceptors (Lipinski definition) is 4. The molecule has 0 radical (unpaired) electrons. The number of rotatable bonds is 5. The van der Waals surface area contributed by atoms with Crippen LogP contribution in [0.15, 0.2) is 12.1 Å². The van der Waals surface area contributed by atoms with Crippen molar-refractivity contribution in [2.24, 2.45) is 0 Å². The van der Waals surface area contributed by atoms with E-state index in [0.717, 1.165) is 18.0 Å². The predicted octanol–water partition coefficient (Wildman–Crippen LogP) is 2.69. The van der Waals surface area contributed by atoms with Gasteiger partial charge in [0.2, 0.25) is 0 Å². The zero-order chi connectivity index (χ0) is 13.1. The lowest BCUT2D eigenvalue weighted by molar-refractivity contribution is 0.0646. The first kappa shape index (κ1) is 16.1. The van der Waals surface area contributed by atoms with Crippen LogP contribution in [0.2, 0.25) is 0 Å². The normalized spacial score (nSPS) is 17.0. The number of methoxy groups -OCH3 is 2. The van der Waals surface area contributed by atoms with Gasteiger partial charge in [0, 0.05) is 12.6 Å². The maximum Gasteiger partial charge on any atom is 0.161 e. The van der Waals surface area contributed by atoms with Crippen molar-refractivity contribution in [3.05, 3.63) is 23.3 Å². The Morgan fingerprint density at radius 1 is 1.26 bits per heavy atom. The topological polar surface area (TPSA) is 39.7 Å². The Balaban J connectivity index is 0.00000180. The van der Waals surface area contributed by atoms with E-state index in [1.807, 2.05) is 12.1 Å². The fourth-order valence-corrected chi connectivity index (χ4v) is 2.15. The zero-order valence-corrected chi connectivity index (χ0v) is 12.7. The van der Waals surface area contributed by atoms with Gasteiger partial charge in [-0.1, -0.05) is 13.8 Å².